The fraction of sp³-hybridized carbons (Fsp3) is 0.833. The lowest BCUT2D eigenvalue weighted by Gasteiger charge is -2.37. The zero-order valence-electron chi connectivity index (χ0n) is 15.7. The summed E-state index contributed by atoms with van der Waals surface area (Å²) >= 11 is 0. The molecule has 1 saturated carbocycles. The van der Waals surface area contributed by atoms with E-state index in [2.05, 4.69) is 19.2 Å². The molecule has 2 aliphatic rings. The SMILES string of the molecule is CC(C)C(=O)NC(C(=O)N1C[C@H]2[C@@H]([C@H]1C(=O)O)C2(C)C)C(C)(C)C. The number of nitrogens with zero attached hydrogens (tertiary/aromatic N) is 1. The molecule has 0 aromatic carbocycles. The van der Waals surface area contributed by atoms with Crippen LogP contribution in [-0.2, 0) is 14.4 Å². The van der Waals surface area contributed by atoms with Crippen molar-refractivity contribution in [1.29, 1.82) is 0 Å². The Labute approximate surface area is 144 Å². The molecular weight excluding hydrogens is 308 g/mol. The van der Waals surface area contributed by atoms with Crippen molar-refractivity contribution >= 4 is 17.8 Å². The maximum Gasteiger partial charge on any atom is 0.326 e. The van der Waals surface area contributed by atoms with Crippen LogP contribution in [-0.4, -0.2) is 46.4 Å². The second-order valence-electron chi connectivity index (χ2n) is 9.19. The number of carboxylic acid groups (broad SMARTS) is 1. The van der Waals surface area contributed by atoms with Gasteiger partial charge in [0, 0.05) is 18.4 Å². The predicted octanol–water partition coefficient (Wildman–Crippen LogP) is 1.74. The fourth-order valence-corrected chi connectivity index (χ4v) is 3.92. The van der Waals surface area contributed by atoms with Gasteiger partial charge in [-0.3, -0.25) is 9.59 Å². The van der Waals surface area contributed by atoms with Crippen molar-refractivity contribution < 1.29 is 19.5 Å². The number of fused-ring (bicyclic) bond motifs is 1. The Balaban J connectivity index is 2.24. The van der Waals surface area contributed by atoms with Crippen LogP contribution in [0.3, 0.4) is 0 Å². The van der Waals surface area contributed by atoms with Crippen LogP contribution in [0.5, 0.6) is 0 Å². The predicted molar refractivity (Wildman–Crippen MR) is 90.1 cm³/mol. The molecule has 0 spiro atoms. The van der Waals surface area contributed by atoms with E-state index in [9.17, 15) is 19.5 Å². The number of amides is 2. The number of hydrogen-bond donors (Lipinski definition) is 2. The minimum atomic E-state index is -0.954. The quantitative estimate of drug-likeness (QED) is 0.817. The van der Waals surface area contributed by atoms with Gasteiger partial charge in [-0.2, -0.15) is 0 Å². The average molecular weight is 338 g/mol. The third kappa shape index (κ3) is 3.03. The van der Waals surface area contributed by atoms with Crippen molar-refractivity contribution in [2.75, 3.05) is 6.54 Å². The van der Waals surface area contributed by atoms with E-state index in [1.54, 1.807) is 13.8 Å². The van der Waals surface area contributed by atoms with E-state index < -0.39 is 23.5 Å². The molecule has 2 fully saturated rings. The third-order valence-corrected chi connectivity index (χ3v) is 5.67. The number of nitrogens with one attached hydrogen (secondary N) is 1. The Morgan fingerprint density at radius 2 is 1.75 bits per heavy atom. The first-order valence-electron chi connectivity index (χ1n) is 8.63. The van der Waals surface area contributed by atoms with Crippen LogP contribution in [0.15, 0.2) is 0 Å². The molecule has 2 amide bonds. The van der Waals surface area contributed by atoms with E-state index in [4.69, 9.17) is 0 Å². The van der Waals surface area contributed by atoms with Crippen LogP contribution in [0.1, 0.15) is 48.5 Å². The summed E-state index contributed by atoms with van der Waals surface area (Å²) in [7, 11) is 0. The molecule has 24 heavy (non-hydrogen) atoms. The minimum absolute atomic E-state index is 0.000341. The standard InChI is InChI=1S/C18H30N2O4/c1-9(2)14(21)19-13(17(3,4)5)15(22)20-8-10-11(18(10,6)7)12(20)16(23)24/h9-13H,8H2,1-7H3,(H,19,21)(H,23,24)/t10-,11-,12-,13?/m0/s1. The minimum Gasteiger partial charge on any atom is -0.480 e. The molecule has 1 aliphatic carbocycles. The Hall–Kier alpha value is -1.59. The molecule has 4 atom stereocenters. The van der Waals surface area contributed by atoms with Gasteiger partial charge in [-0.25, -0.2) is 4.79 Å². The van der Waals surface area contributed by atoms with Gasteiger partial charge in [0.25, 0.3) is 0 Å². The number of carbonyl (C=O) groups is 3. The van der Waals surface area contributed by atoms with Crippen LogP contribution in [0.2, 0.25) is 0 Å². The highest BCUT2D eigenvalue weighted by Crippen LogP contribution is 2.64. The molecule has 6 nitrogen and oxygen atoms in total. The summed E-state index contributed by atoms with van der Waals surface area (Å²) in [4.78, 5) is 38.4. The largest absolute Gasteiger partial charge is 0.480 e. The Kier molecular flexibility index (Phi) is 4.48. The van der Waals surface area contributed by atoms with Gasteiger partial charge in [0.15, 0.2) is 0 Å². The zero-order valence-corrected chi connectivity index (χ0v) is 15.7. The summed E-state index contributed by atoms with van der Waals surface area (Å²) in [6.07, 6.45) is 0. The molecule has 136 valence electrons. The van der Waals surface area contributed by atoms with Crippen LogP contribution in [0, 0.1) is 28.6 Å². The van der Waals surface area contributed by atoms with E-state index in [-0.39, 0.29) is 35.0 Å². The van der Waals surface area contributed by atoms with Gasteiger partial charge in [0.2, 0.25) is 11.8 Å². The second kappa shape index (κ2) is 5.74. The van der Waals surface area contributed by atoms with Crippen LogP contribution >= 0.6 is 0 Å². The van der Waals surface area contributed by atoms with E-state index in [1.807, 2.05) is 20.8 Å². The molecular formula is C18H30N2O4. The number of aliphatic carboxylic acids is 1. The fourth-order valence-electron chi connectivity index (χ4n) is 3.92. The van der Waals surface area contributed by atoms with Crippen molar-refractivity contribution in [2.45, 2.75) is 60.5 Å². The number of rotatable bonds is 4. The smallest absolute Gasteiger partial charge is 0.326 e. The molecule has 2 N–H and O–H groups in total. The maximum absolute atomic E-state index is 13.1. The number of piperidine rings is 1. The van der Waals surface area contributed by atoms with Crippen molar-refractivity contribution in [3.05, 3.63) is 0 Å². The van der Waals surface area contributed by atoms with Gasteiger partial charge in [0.05, 0.1) is 0 Å². The van der Waals surface area contributed by atoms with Crippen molar-refractivity contribution in [2.24, 2.45) is 28.6 Å². The number of carboxylic acids is 1. The first-order chi connectivity index (χ1) is 10.8. The van der Waals surface area contributed by atoms with Gasteiger partial charge in [0.1, 0.15) is 12.1 Å². The summed E-state index contributed by atoms with van der Waals surface area (Å²) in [5.41, 5.74) is -0.523. The lowest BCUT2D eigenvalue weighted by molar-refractivity contribution is -0.153. The summed E-state index contributed by atoms with van der Waals surface area (Å²) in [6.45, 7) is 13.8. The van der Waals surface area contributed by atoms with Gasteiger partial charge in [-0.1, -0.05) is 48.5 Å². The van der Waals surface area contributed by atoms with E-state index in [0.29, 0.717) is 6.54 Å². The highest BCUT2D eigenvalue weighted by Gasteiger charge is 2.70. The van der Waals surface area contributed by atoms with Crippen LogP contribution in [0.4, 0.5) is 0 Å². The second-order valence-corrected chi connectivity index (χ2v) is 9.19. The Bertz CT molecular complexity index is 562. The highest BCUT2D eigenvalue weighted by molar-refractivity contribution is 5.92. The van der Waals surface area contributed by atoms with E-state index >= 15 is 0 Å². The third-order valence-electron chi connectivity index (χ3n) is 5.67. The highest BCUT2D eigenvalue weighted by atomic mass is 16.4. The molecule has 6 heteroatoms. The molecule has 0 aromatic heterocycles. The first kappa shape index (κ1) is 18.7. The van der Waals surface area contributed by atoms with Gasteiger partial charge in [-0.05, 0) is 16.7 Å². The van der Waals surface area contributed by atoms with Crippen LogP contribution in [0.25, 0.3) is 0 Å². The maximum atomic E-state index is 13.1. The number of carbonyl (C=O) groups excluding carboxylic acids is 2. The normalized spacial score (nSPS) is 29.2. The molecule has 1 saturated heterocycles. The molecule has 0 radical (unpaired) electrons. The Morgan fingerprint density at radius 1 is 1.21 bits per heavy atom. The molecule has 0 aromatic rings. The molecule has 1 aliphatic heterocycles. The van der Waals surface area contributed by atoms with Crippen molar-refractivity contribution in [1.82, 2.24) is 10.2 Å². The number of likely N-dealkylation sites (tertiary alicyclic amines) is 1. The lowest BCUT2D eigenvalue weighted by Crippen LogP contribution is -2.58. The van der Waals surface area contributed by atoms with Crippen molar-refractivity contribution in [3.63, 3.8) is 0 Å². The van der Waals surface area contributed by atoms with Gasteiger partial charge < -0.3 is 15.3 Å². The van der Waals surface area contributed by atoms with E-state index in [0.717, 1.165) is 0 Å². The van der Waals surface area contributed by atoms with Gasteiger partial charge in [-0.15, -0.1) is 0 Å². The topological polar surface area (TPSA) is 86.7 Å². The molecule has 0 bridgehead atoms. The summed E-state index contributed by atoms with van der Waals surface area (Å²) in [5.74, 6) is -1.44. The average Bonchev–Trinajstić information content (AvgIpc) is 2.82. The molecule has 2 rings (SSSR count). The van der Waals surface area contributed by atoms with Crippen molar-refractivity contribution in [3.8, 4) is 0 Å². The molecule has 1 unspecified atom stereocenters. The number of hydrogen-bond acceptors (Lipinski definition) is 3. The summed E-state index contributed by atoms with van der Waals surface area (Å²) in [5, 5.41) is 12.5. The summed E-state index contributed by atoms with van der Waals surface area (Å²) < 4.78 is 0. The lowest BCUT2D eigenvalue weighted by atomic mass is 9.85. The first-order valence-corrected chi connectivity index (χ1v) is 8.63. The zero-order chi connectivity index (χ0) is 18.6. The van der Waals surface area contributed by atoms with Crippen LogP contribution < -0.4 is 5.32 Å². The molecule has 1 heterocycles. The van der Waals surface area contributed by atoms with Gasteiger partial charge >= 0.3 is 5.97 Å². The summed E-state index contributed by atoms with van der Waals surface area (Å²) in [6, 6.07) is -1.52. The Morgan fingerprint density at radius 3 is 2.17 bits per heavy atom. The monoisotopic (exact) mass is 338 g/mol. The van der Waals surface area contributed by atoms with E-state index in [1.165, 1.54) is 4.90 Å².